The normalized spacial score (nSPS) is 11.1. The Kier molecular flexibility index (Phi) is 1.42. The van der Waals surface area contributed by atoms with Crippen molar-refractivity contribution in [1.82, 2.24) is 0 Å². The highest BCUT2D eigenvalue weighted by atomic mass is 32.3. The molecule has 0 aromatic rings. The van der Waals surface area contributed by atoms with Gasteiger partial charge in [-0.25, -0.2) is 4.79 Å². The Morgan fingerprint density at radius 2 is 1.57 bits per heavy atom. The fourth-order valence-corrected chi connectivity index (χ4v) is 0. The third-order valence-corrected chi connectivity index (χ3v) is 0.575. The first kappa shape index (κ1) is 6.48. The van der Waals surface area contributed by atoms with Crippen molar-refractivity contribution < 1.29 is 21.5 Å². The first-order valence-electron chi connectivity index (χ1n) is 1.08. The summed E-state index contributed by atoms with van der Waals surface area (Å²) in [6, 6.07) is 0. The van der Waals surface area contributed by atoms with Gasteiger partial charge in [0, 0.05) is 0 Å². The Morgan fingerprint density at radius 3 is 1.57 bits per heavy atom. The average molecular weight is 130 g/mol. The zero-order valence-electron chi connectivity index (χ0n) is 2.89. The molecule has 0 aromatic carbocycles. The molecule has 0 radical (unpaired) electrons. The highest BCUT2D eigenvalue weighted by molar-refractivity contribution is 8.01. The molecule has 0 saturated carbocycles. The average Bonchev–Trinajstić information content (AvgIpc) is 1.31. The van der Waals surface area contributed by atoms with Crippen LogP contribution in [0.25, 0.3) is 0 Å². The molecule has 0 rings (SSSR count). The van der Waals surface area contributed by atoms with Crippen LogP contribution in [-0.2, 0) is 10.2 Å². The Bertz CT molecular complexity index is 167. The summed E-state index contributed by atoms with van der Waals surface area (Å²) in [5, 5.41) is -2.95. The van der Waals surface area contributed by atoms with E-state index < -0.39 is 15.6 Å². The Labute approximate surface area is 38.2 Å². The molecule has 0 aliphatic rings. The molecule has 0 fully saturated rings. The topological polar surface area (TPSA) is 51.2 Å². The largest absolute Gasteiger partial charge is 0.447 e. The van der Waals surface area contributed by atoms with Crippen LogP contribution in [-0.4, -0.2) is 13.8 Å². The lowest BCUT2D eigenvalue weighted by atomic mass is 11.7. The summed E-state index contributed by atoms with van der Waals surface area (Å²) in [6.45, 7) is 0. The van der Waals surface area contributed by atoms with Gasteiger partial charge in [-0.2, -0.15) is 8.42 Å². The number of rotatable bonds is 0. The highest BCUT2D eigenvalue weighted by Crippen LogP contribution is 1.93. The minimum absolute atomic E-state index is 2.95. The summed E-state index contributed by atoms with van der Waals surface area (Å²) in [7, 11) is -5.55. The number of hydrogen-bond donors (Lipinski definition) is 0. The Balaban J connectivity index is 4.43. The molecule has 0 aliphatic heterocycles. The van der Waals surface area contributed by atoms with Crippen molar-refractivity contribution in [2.24, 2.45) is 0 Å². The molecular formula is CF2O3S. The van der Waals surface area contributed by atoms with Gasteiger partial charge < -0.3 is 0 Å². The summed E-state index contributed by atoms with van der Waals surface area (Å²) >= 11 is 0. The summed E-state index contributed by atoms with van der Waals surface area (Å²) in [6.07, 6.45) is 0. The minimum atomic E-state index is -5.55. The summed E-state index contributed by atoms with van der Waals surface area (Å²) < 4.78 is 39.2. The SMILES string of the molecule is O=C(F)S(=O)(=O)F. The van der Waals surface area contributed by atoms with Gasteiger partial charge in [0.25, 0.3) is 0 Å². The zero-order valence-corrected chi connectivity index (χ0v) is 3.71. The van der Waals surface area contributed by atoms with E-state index >= 15 is 0 Å². The maximum absolute atomic E-state index is 10.8. The monoisotopic (exact) mass is 130 g/mol. The molecule has 42 valence electrons. The smallest absolute Gasteiger partial charge is 0.239 e. The molecule has 0 bridgehead atoms. The molecule has 0 heterocycles. The van der Waals surface area contributed by atoms with Crippen molar-refractivity contribution in [1.29, 1.82) is 0 Å². The van der Waals surface area contributed by atoms with E-state index in [2.05, 4.69) is 0 Å². The van der Waals surface area contributed by atoms with E-state index in [1.165, 1.54) is 0 Å². The van der Waals surface area contributed by atoms with Crippen LogP contribution in [0.3, 0.4) is 0 Å². The second-order valence-corrected chi connectivity index (χ2v) is 1.87. The van der Waals surface area contributed by atoms with Crippen molar-refractivity contribution in [3.8, 4) is 0 Å². The van der Waals surface area contributed by atoms with Gasteiger partial charge in [0.1, 0.15) is 0 Å². The molecule has 7 heavy (non-hydrogen) atoms. The number of carbonyl (C=O) groups is 1. The second-order valence-electron chi connectivity index (χ2n) is 0.675. The summed E-state index contributed by atoms with van der Waals surface area (Å²) in [5.41, 5.74) is 0. The fraction of sp³-hybridized carbons (Fsp3) is 0. The van der Waals surface area contributed by atoms with E-state index in [4.69, 9.17) is 13.2 Å². The molecule has 6 heteroatoms. The Morgan fingerprint density at radius 1 is 1.43 bits per heavy atom. The van der Waals surface area contributed by atoms with E-state index in [1.54, 1.807) is 0 Å². The second kappa shape index (κ2) is 1.53. The zero-order chi connectivity index (χ0) is 6.08. The molecule has 0 unspecified atom stereocenters. The van der Waals surface area contributed by atoms with Gasteiger partial charge in [-0.15, -0.1) is 4.39 Å². The van der Waals surface area contributed by atoms with Crippen molar-refractivity contribution in [3.05, 3.63) is 0 Å². The predicted octanol–water partition coefficient (Wildman–Crippen LogP) is 0.375. The maximum atomic E-state index is 10.8. The van der Waals surface area contributed by atoms with E-state index in [-0.39, 0.29) is 0 Å². The molecule has 0 N–H and O–H groups in total. The lowest BCUT2D eigenvalue weighted by Gasteiger charge is -1.71. The van der Waals surface area contributed by atoms with Crippen LogP contribution >= 0.6 is 0 Å². The van der Waals surface area contributed by atoms with Gasteiger partial charge in [0.2, 0.25) is 0 Å². The van der Waals surface area contributed by atoms with E-state index in [0.29, 0.717) is 0 Å². The first-order chi connectivity index (χ1) is 2.94. The maximum Gasteiger partial charge on any atom is 0.447 e. The van der Waals surface area contributed by atoms with Crippen LogP contribution in [0.1, 0.15) is 0 Å². The molecule has 0 atom stereocenters. The molecule has 0 aromatic heterocycles. The van der Waals surface area contributed by atoms with Crippen LogP contribution in [0.5, 0.6) is 0 Å². The van der Waals surface area contributed by atoms with Crippen LogP contribution in [0.4, 0.5) is 13.1 Å². The number of carbonyl (C=O) groups excluding carboxylic acids is 1. The molecule has 0 saturated heterocycles. The molecule has 0 aliphatic carbocycles. The van der Waals surface area contributed by atoms with Gasteiger partial charge in [0.05, 0.1) is 0 Å². The standard InChI is InChI=1S/CF2O3S/c2-1(4)7(3,5)6. The van der Waals surface area contributed by atoms with Crippen molar-refractivity contribution >= 4 is 15.6 Å². The fourth-order valence-electron chi connectivity index (χ4n) is 0. The van der Waals surface area contributed by atoms with Gasteiger partial charge >= 0.3 is 15.6 Å². The molecule has 0 amide bonds. The van der Waals surface area contributed by atoms with Crippen molar-refractivity contribution in [2.45, 2.75) is 0 Å². The van der Waals surface area contributed by atoms with Gasteiger partial charge in [-0.1, -0.05) is 3.89 Å². The third-order valence-electron chi connectivity index (χ3n) is 0.192. The van der Waals surface area contributed by atoms with Crippen LogP contribution in [0, 0.1) is 0 Å². The molecule has 0 spiro atoms. The van der Waals surface area contributed by atoms with Gasteiger partial charge in [0.15, 0.2) is 0 Å². The van der Waals surface area contributed by atoms with Crippen molar-refractivity contribution in [2.75, 3.05) is 0 Å². The van der Waals surface area contributed by atoms with Gasteiger partial charge in [-0.3, -0.25) is 0 Å². The Hall–Kier alpha value is -0.520. The van der Waals surface area contributed by atoms with E-state index in [1.807, 2.05) is 0 Å². The molecule has 3 nitrogen and oxygen atoms in total. The lowest BCUT2D eigenvalue weighted by Crippen LogP contribution is -1.97. The lowest BCUT2D eigenvalue weighted by molar-refractivity contribution is 0.241. The highest BCUT2D eigenvalue weighted by Gasteiger charge is 2.18. The quantitative estimate of drug-likeness (QED) is 0.445. The van der Waals surface area contributed by atoms with E-state index in [9.17, 15) is 8.28 Å². The molecular weight excluding hydrogens is 130 g/mol. The predicted molar refractivity (Wildman–Crippen MR) is 16.5 cm³/mol. The van der Waals surface area contributed by atoms with Gasteiger partial charge in [-0.05, 0) is 0 Å². The minimum Gasteiger partial charge on any atom is -0.239 e. The third kappa shape index (κ3) is 2.21. The number of halogens is 2. The van der Waals surface area contributed by atoms with Crippen molar-refractivity contribution in [3.63, 3.8) is 0 Å². The van der Waals surface area contributed by atoms with Crippen LogP contribution in [0.2, 0.25) is 0 Å². The summed E-state index contributed by atoms with van der Waals surface area (Å²) in [4.78, 5) is 8.84. The summed E-state index contributed by atoms with van der Waals surface area (Å²) in [5.74, 6) is 0. The first-order valence-corrected chi connectivity index (χ1v) is 2.47. The van der Waals surface area contributed by atoms with Crippen LogP contribution in [0.15, 0.2) is 0 Å². The van der Waals surface area contributed by atoms with Crippen LogP contribution < -0.4 is 0 Å². The van der Waals surface area contributed by atoms with E-state index in [0.717, 1.165) is 0 Å². The number of hydrogen-bond acceptors (Lipinski definition) is 3.